The van der Waals surface area contributed by atoms with E-state index in [1.54, 1.807) is 38.3 Å². The molecule has 0 spiro atoms. The number of hydrogen-bond donors (Lipinski definition) is 1. The largest absolute Gasteiger partial charge is 0.495 e. The fourth-order valence-electron chi connectivity index (χ4n) is 3.87. The van der Waals surface area contributed by atoms with Gasteiger partial charge in [-0.3, -0.25) is 14.5 Å². The van der Waals surface area contributed by atoms with Crippen molar-refractivity contribution in [1.82, 2.24) is 0 Å². The van der Waals surface area contributed by atoms with Crippen molar-refractivity contribution >= 4 is 45.1 Å². The first-order valence-corrected chi connectivity index (χ1v) is 9.91. The van der Waals surface area contributed by atoms with Crippen molar-refractivity contribution in [3.05, 3.63) is 60.7 Å². The average molecular weight is 416 g/mol. The minimum absolute atomic E-state index is 0.148. The van der Waals surface area contributed by atoms with Gasteiger partial charge < -0.3 is 19.2 Å². The molecule has 2 amide bonds. The van der Waals surface area contributed by atoms with E-state index in [-0.39, 0.29) is 18.4 Å². The molecule has 0 aliphatic carbocycles. The Bertz CT molecular complexity index is 1330. The van der Waals surface area contributed by atoms with Crippen molar-refractivity contribution in [2.45, 2.75) is 13.0 Å². The van der Waals surface area contributed by atoms with Gasteiger partial charge in [0.25, 0.3) is 5.91 Å². The van der Waals surface area contributed by atoms with E-state index < -0.39 is 6.10 Å². The van der Waals surface area contributed by atoms with E-state index in [0.29, 0.717) is 28.5 Å². The molecule has 0 fully saturated rings. The highest BCUT2D eigenvalue weighted by Gasteiger charge is 2.32. The van der Waals surface area contributed by atoms with Crippen LogP contribution < -0.4 is 19.7 Å². The lowest BCUT2D eigenvalue weighted by atomic mass is 10.1. The fraction of sp³-hybridized carbons (Fsp3) is 0.167. The van der Waals surface area contributed by atoms with Gasteiger partial charge in [-0.15, -0.1) is 0 Å². The maximum atomic E-state index is 12.9. The van der Waals surface area contributed by atoms with Gasteiger partial charge in [0.1, 0.15) is 29.2 Å². The van der Waals surface area contributed by atoms with Crippen molar-refractivity contribution in [2.75, 3.05) is 23.9 Å². The van der Waals surface area contributed by atoms with E-state index in [9.17, 15) is 9.59 Å². The van der Waals surface area contributed by atoms with Gasteiger partial charge in [-0.05, 0) is 31.2 Å². The summed E-state index contributed by atoms with van der Waals surface area (Å²) in [6.07, 6.45) is -0.663. The van der Waals surface area contributed by atoms with Crippen molar-refractivity contribution in [3.63, 3.8) is 0 Å². The van der Waals surface area contributed by atoms with Crippen molar-refractivity contribution in [3.8, 4) is 11.5 Å². The number of carbonyl (C=O) groups excluding carboxylic acids is 2. The van der Waals surface area contributed by atoms with Crippen molar-refractivity contribution in [1.29, 1.82) is 0 Å². The fourth-order valence-corrected chi connectivity index (χ4v) is 3.87. The lowest BCUT2D eigenvalue weighted by molar-refractivity contribution is -0.127. The Morgan fingerprint density at radius 3 is 2.68 bits per heavy atom. The summed E-state index contributed by atoms with van der Waals surface area (Å²) < 4.78 is 17.0. The summed E-state index contributed by atoms with van der Waals surface area (Å²) in [5, 5.41) is 4.72. The summed E-state index contributed by atoms with van der Waals surface area (Å²) in [4.78, 5) is 27.0. The van der Waals surface area contributed by atoms with Crippen LogP contribution in [-0.2, 0) is 9.59 Å². The number of nitrogens with one attached hydrogen (secondary N) is 1. The maximum absolute atomic E-state index is 12.9. The highest BCUT2D eigenvalue weighted by molar-refractivity contribution is 6.09. The van der Waals surface area contributed by atoms with Gasteiger partial charge in [-0.25, -0.2) is 0 Å². The number of rotatable bonds is 4. The second kappa shape index (κ2) is 7.36. The van der Waals surface area contributed by atoms with E-state index in [1.807, 2.05) is 36.4 Å². The molecule has 7 heteroatoms. The number of benzene rings is 3. The third kappa shape index (κ3) is 3.24. The molecule has 5 rings (SSSR count). The van der Waals surface area contributed by atoms with E-state index in [2.05, 4.69) is 5.32 Å². The number of nitrogens with zero attached hydrogens (tertiary/aromatic N) is 1. The minimum Gasteiger partial charge on any atom is -0.495 e. The zero-order valence-corrected chi connectivity index (χ0v) is 17.0. The molecule has 0 unspecified atom stereocenters. The number of fused-ring (bicyclic) bond motifs is 4. The molecular formula is C24H20N2O5. The third-order valence-electron chi connectivity index (χ3n) is 5.35. The normalized spacial score (nSPS) is 15.6. The predicted octanol–water partition coefficient (Wildman–Crippen LogP) is 4.35. The molecule has 1 aliphatic heterocycles. The van der Waals surface area contributed by atoms with Gasteiger partial charge in [0.2, 0.25) is 5.91 Å². The number of methoxy groups -OCH3 is 1. The summed E-state index contributed by atoms with van der Waals surface area (Å²) >= 11 is 0. The van der Waals surface area contributed by atoms with E-state index in [1.165, 1.54) is 4.90 Å². The number of carbonyl (C=O) groups is 2. The summed E-state index contributed by atoms with van der Waals surface area (Å²) in [6, 6.07) is 18.5. The van der Waals surface area contributed by atoms with Crippen LogP contribution in [0.4, 0.5) is 11.4 Å². The Labute approximate surface area is 178 Å². The molecule has 0 bridgehead atoms. The molecule has 156 valence electrons. The summed E-state index contributed by atoms with van der Waals surface area (Å²) in [5.74, 6) is 0.456. The van der Waals surface area contributed by atoms with Crippen LogP contribution in [0.3, 0.4) is 0 Å². The standard InChI is InChI=1S/C24H20N2O5/c1-14-24(28)26(18-8-4-6-10-20(18)30-14)13-23(27)25-17-12-21-16(11-22(17)29-2)15-7-3-5-9-19(15)31-21/h3-12,14H,13H2,1-2H3,(H,25,27)/t14-/m1/s1. The van der Waals surface area contributed by atoms with Gasteiger partial charge in [-0.2, -0.15) is 0 Å². The smallest absolute Gasteiger partial charge is 0.268 e. The molecule has 1 atom stereocenters. The monoisotopic (exact) mass is 416 g/mol. The highest BCUT2D eigenvalue weighted by Crippen LogP contribution is 2.37. The zero-order chi connectivity index (χ0) is 21.5. The van der Waals surface area contributed by atoms with Crippen LogP contribution in [0.2, 0.25) is 0 Å². The highest BCUT2D eigenvalue weighted by atomic mass is 16.5. The molecule has 0 saturated carbocycles. The van der Waals surface area contributed by atoms with Gasteiger partial charge >= 0.3 is 0 Å². The third-order valence-corrected chi connectivity index (χ3v) is 5.35. The molecule has 0 radical (unpaired) electrons. The quantitative estimate of drug-likeness (QED) is 0.535. The topological polar surface area (TPSA) is 81.0 Å². The second-order valence-corrected chi connectivity index (χ2v) is 7.35. The van der Waals surface area contributed by atoms with Gasteiger partial charge in [-0.1, -0.05) is 30.3 Å². The molecule has 3 aromatic carbocycles. The molecule has 31 heavy (non-hydrogen) atoms. The van der Waals surface area contributed by atoms with E-state index in [0.717, 1.165) is 16.4 Å². The Balaban J connectivity index is 1.45. The molecule has 1 N–H and O–H groups in total. The number of amides is 2. The first-order chi connectivity index (χ1) is 15.0. The van der Waals surface area contributed by atoms with Crippen LogP contribution in [0.1, 0.15) is 6.92 Å². The predicted molar refractivity (Wildman–Crippen MR) is 118 cm³/mol. The average Bonchev–Trinajstić information content (AvgIpc) is 3.13. The molecule has 1 aliphatic rings. The number of para-hydroxylation sites is 3. The summed E-state index contributed by atoms with van der Waals surface area (Å²) in [6.45, 7) is 1.52. The Morgan fingerprint density at radius 2 is 1.84 bits per heavy atom. The van der Waals surface area contributed by atoms with Crippen LogP contribution in [0.5, 0.6) is 11.5 Å². The molecule has 2 heterocycles. The summed E-state index contributed by atoms with van der Waals surface area (Å²) in [7, 11) is 1.54. The number of hydrogen-bond acceptors (Lipinski definition) is 5. The van der Waals surface area contributed by atoms with Crippen LogP contribution in [-0.4, -0.2) is 31.6 Å². The number of furan rings is 1. The lowest BCUT2D eigenvalue weighted by Crippen LogP contribution is -2.47. The molecular weight excluding hydrogens is 396 g/mol. The van der Waals surface area contributed by atoms with E-state index >= 15 is 0 Å². The number of ether oxygens (including phenoxy) is 2. The molecule has 0 saturated heterocycles. The minimum atomic E-state index is -0.663. The van der Waals surface area contributed by atoms with Crippen LogP contribution >= 0.6 is 0 Å². The summed E-state index contributed by atoms with van der Waals surface area (Å²) in [5.41, 5.74) is 2.44. The zero-order valence-electron chi connectivity index (χ0n) is 17.0. The van der Waals surface area contributed by atoms with Gasteiger partial charge in [0.05, 0.1) is 18.5 Å². The van der Waals surface area contributed by atoms with Crippen molar-refractivity contribution < 1.29 is 23.5 Å². The van der Waals surface area contributed by atoms with E-state index in [4.69, 9.17) is 13.9 Å². The second-order valence-electron chi connectivity index (χ2n) is 7.35. The lowest BCUT2D eigenvalue weighted by Gasteiger charge is -2.32. The van der Waals surface area contributed by atoms with Crippen molar-refractivity contribution in [2.24, 2.45) is 0 Å². The van der Waals surface area contributed by atoms with Crippen LogP contribution in [0.25, 0.3) is 21.9 Å². The van der Waals surface area contributed by atoms with Gasteiger partial charge in [0, 0.05) is 16.8 Å². The molecule has 4 aromatic rings. The Kier molecular flexibility index (Phi) is 4.51. The Hall–Kier alpha value is -4.00. The molecule has 1 aromatic heterocycles. The first kappa shape index (κ1) is 19.0. The molecule has 7 nitrogen and oxygen atoms in total. The Morgan fingerprint density at radius 1 is 1.06 bits per heavy atom. The number of anilines is 2. The SMILES string of the molecule is COc1cc2c(cc1NC(=O)CN1C(=O)[C@@H](C)Oc3ccccc31)oc1ccccc12. The maximum Gasteiger partial charge on any atom is 0.268 e. The van der Waals surface area contributed by atoms with Crippen LogP contribution in [0.15, 0.2) is 65.1 Å². The van der Waals surface area contributed by atoms with Gasteiger partial charge in [0.15, 0.2) is 6.10 Å². The van der Waals surface area contributed by atoms with Crippen LogP contribution in [0, 0.1) is 0 Å². The first-order valence-electron chi connectivity index (χ1n) is 9.91.